The first-order chi connectivity index (χ1) is 10.0. The van der Waals surface area contributed by atoms with Gasteiger partial charge in [0.1, 0.15) is 0 Å². The summed E-state index contributed by atoms with van der Waals surface area (Å²) in [7, 11) is 0. The smallest absolute Gasteiger partial charge is 0.278 e. The molecule has 0 aliphatic rings. The van der Waals surface area contributed by atoms with Crippen molar-refractivity contribution < 1.29 is 10.0 Å². The molecule has 0 amide bonds. The van der Waals surface area contributed by atoms with Gasteiger partial charge in [0.15, 0.2) is 0 Å². The molecular weight excluding hydrogens is 288 g/mol. The number of aliphatic hydroxyl groups excluding tert-OH is 1. The zero-order valence-electron chi connectivity index (χ0n) is 11.9. The lowest BCUT2D eigenvalue weighted by Gasteiger charge is -2.08. The van der Waals surface area contributed by atoms with E-state index in [1.54, 1.807) is 31.8 Å². The average molecular weight is 304 g/mol. The van der Waals surface area contributed by atoms with Crippen LogP contribution >= 0.6 is 11.8 Å². The molecule has 6 heteroatoms. The Kier molecular flexibility index (Phi) is 4.93. The standard InChI is InChI=1S/C15H16N2O3S/c1-10-7-16-14(11(2)15(10)17(19)20)9-21-13-5-3-4-12(6-13)8-18/h3-7,18H,8-9H2,1-2H3. The van der Waals surface area contributed by atoms with Crippen molar-refractivity contribution >= 4 is 17.4 Å². The van der Waals surface area contributed by atoms with Crippen LogP contribution in [0.15, 0.2) is 35.4 Å². The van der Waals surface area contributed by atoms with Crippen molar-refractivity contribution in [2.24, 2.45) is 0 Å². The lowest BCUT2D eigenvalue weighted by atomic mass is 10.1. The first-order valence-corrected chi connectivity index (χ1v) is 7.43. The van der Waals surface area contributed by atoms with E-state index in [0.29, 0.717) is 22.6 Å². The number of hydrogen-bond acceptors (Lipinski definition) is 5. The van der Waals surface area contributed by atoms with Crippen LogP contribution in [0.1, 0.15) is 22.4 Å². The molecule has 0 aliphatic heterocycles. The molecule has 0 saturated carbocycles. The summed E-state index contributed by atoms with van der Waals surface area (Å²) in [6.45, 7) is 3.43. The van der Waals surface area contributed by atoms with Crippen LogP contribution in [0, 0.1) is 24.0 Å². The van der Waals surface area contributed by atoms with Gasteiger partial charge in [-0.2, -0.15) is 0 Å². The minimum absolute atomic E-state index is 0.00167. The summed E-state index contributed by atoms with van der Waals surface area (Å²) in [5.74, 6) is 0.557. The van der Waals surface area contributed by atoms with Gasteiger partial charge in [-0.3, -0.25) is 15.1 Å². The molecule has 110 valence electrons. The zero-order valence-corrected chi connectivity index (χ0v) is 12.7. The van der Waals surface area contributed by atoms with Gasteiger partial charge in [-0.05, 0) is 31.5 Å². The maximum Gasteiger partial charge on any atom is 0.278 e. The van der Waals surface area contributed by atoms with Crippen LogP contribution in [0.3, 0.4) is 0 Å². The second kappa shape index (κ2) is 6.69. The minimum Gasteiger partial charge on any atom is -0.392 e. The average Bonchev–Trinajstić information content (AvgIpc) is 2.46. The number of rotatable bonds is 5. The van der Waals surface area contributed by atoms with Crippen molar-refractivity contribution in [1.29, 1.82) is 0 Å². The molecule has 0 spiro atoms. The third-order valence-electron chi connectivity index (χ3n) is 3.21. The van der Waals surface area contributed by atoms with E-state index in [-0.39, 0.29) is 17.2 Å². The molecule has 5 nitrogen and oxygen atoms in total. The zero-order chi connectivity index (χ0) is 15.4. The van der Waals surface area contributed by atoms with Gasteiger partial charge >= 0.3 is 0 Å². The summed E-state index contributed by atoms with van der Waals surface area (Å²) in [4.78, 5) is 16.1. The molecule has 0 aliphatic carbocycles. The summed E-state index contributed by atoms with van der Waals surface area (Å²) in [5.41, 5.74) is 2.90. The molecule has 0 radical (unpaired) electrons. The molecule has 1 aromatic carbocycles. The van der Waals surface area contributed by atoms with E-state index in [4.69, 9.17) is 5.11 Å². The predicted octanol–water partition coefficient (Wildman–Crippen LogP) is 3.39. The summed E-state index contributed by atoms with van der Waals surface area (Å²) >= 11 is 1.55. The Balaban J connectivity index is 2.20. The first kappa shape index (κ1) is 15.5. The molecule has 21 heavy (non-hydrogen) atoms. The number of thioether (sulfide) groups is 1. The Morgan fingerprint density at radius 3 is 2.81 bits per heavy atom. The Morgan fingerprint density at radius 1 is 1.38 bits per heavy atom. The van der Waals surface area contributed by atoms with Gasteiger partial charge in [0.05, 0.1) is 17.2 Å². The molecule has 2 rings (SSSR count). The van der Waals surface area contributed by atoms with E-state index in [0.717, 1.165) is 10.5 Å². The third kappa shape index (κ3) is 3.59. The van der Waals surface area contributed by atoms with Gasteiger partial charge in [0.25, 0.3) is 5.69 Å². The van der Waals surface area contributed by atoms with Crippen molar-refractivity contribution in [3.05, 3.63) is 63.0 Å². The molecule has 0 unspecified atom stereocenters. The van der Waals surface area contributed by atoms with E-state index in [1.807, 2.05) is 24.3 Å². The highest BCUT2D eigenvalue weighted by Gasteiger charge is 2.18. The largest absolute Gasteiger partial charge is 0.392 e. The number of nitrogens with zero attached hydrogens (tertiary/aromatic N) is 2. The van der Waals surface area contributed by atoms with Crippen LogP contribution < -0.4 is 0 Å². The van der Waals surface area contributed by atoms with E-state index in [9.17, 15) is 10.1 Å². The Hall–Kier alpha value is -1.92. The van der Waals surface area contributed by atoms with Crippen LogP contribution in [0.5, 0.6) is 0 Å². The summed E-state index contributed by atoms with van der Waals surface area (Å²) in [6.07, 6.45) is 1.55. The van der Waals surface area contributed by atoms with Crippen LogP contribution in [0.4, 0.5) is 5.69 Å². The highest BCUT2D eigenvalue weighted by Crippen LogP contribution is 2.29. The molecule has 2 aromatic rings. The molecule has 0 bridgehead atoms. The minimum atomic E-state index is -0.354. The van der Waals surface area contributed by atoms with E-state index < -0.39 is 0 Å². The monoisotopic (exact) mass is 304 g/mol. The topological polar surface area (TPSA) is 76.3 Å². The summed E-state index contributed by atoms with van der Waals surface area (Å²) in [6, 6.07) is 7.58. The molecule has 0 fully saturated rings. The maximum atomic E-state index is 11.1. The Labute approximate surface area is 127 Å². The fraction of sp³-hybridized carbons (Fsp3) is 0.267. The Morgan fingerprint density at radius 2 is 2.14 bits per heavy atom. The number of aliphatic hydroxyl groups is 1. The van der Waals surface area contributed by atoms with Crippen LogP contribution in [0.25, 0.3) is 0 Å². The van der Waals surface area contributed by atoms with E-state index in [1.165, 1.54) is 0 Å². The normalized spacial score (nSPS) is 10.6. The first-order valence-electron chi connectivity index (χ1n) is 6.45. The molecule has 1 N–H and O–H groups in total. The van der Waals surface area contributed by atoms with Crippen LogP contribution in [-0.2, 0) is 12.4 Å². The number of aromatic nitrogens is 1. The fourth-order valence-electron chi connectivity index (χ4n) is 2.08. The number of aryl methyl sites for hydroxylation is 1. The quantitative estimate of drug-likeness (QED) is 0.520. The van der Waals surface area contributed by atoms with Gasteiger partial charge in [-0.25, -0.2) is 0 Å². The predicted molar refractivity (Wildman–Crippen MR) is 82.3 cm³/mol. The molecular formula is C15H16N2O3S. The lowest BCUT2D eigenvalue weighted by molar-refractivity contribution is -0.386. The van der Waals surface area contributed by atoms with E-state index >= 15 is 0 Å². The second-order valence-corrected chi connectivity index (χ2v) is 5.76. The van der Waals surface area contributed by atoms with Gasteiger partial charge in [-0.1, -0.05) is 12.1 Å². The van der Waals surface area contributed by atoms with Crippen molar-refractivity contribution in [3.8, 4) is 0 Å². The van der Waals surface area contributed by atoms with Gasteiger partial charge < -0.3 is 5.11 Å². The van der Waals surface area contributed by atoms with Crippen molar-refractivity contribution in [3.63, 3.8) is 0 Å². The highest BCUT2D eigenvalue weighted by molar-refractivity contribution is 7.98. The summed E-state index contributed by atoms with van der Waals surface area (Å²) in [5, 5.41) is 20.2. The van der Waals surface area contributed by atoms with Crippen molar-refractivity contribution in [1.82, 2.24) is 4.98 Å². The molecule has 0 saturated heterocycles. The second-order valence-electron chi connectivity index (χ2n) is 4.71. The number of hydrogen-bond donors (Lipinski definition) is 1. The molecule has 0 atom stereocenters. The summed E-state index contributed by atoms with van der Waals surface area (Å²) < 4.78 is 0. The van der Waals surface area contributed by atoms with E-state index in [2.05, 4.69) is 4.98 Å². The van der Waals surface area contributed by atoms with Crippen LogP contribution in [0.2, 0.25) is 0 Å². The Bertz CT molecular complexity index is 674. The van der Waals surface area contributed by atoms with Gasteiger partial charge in [0, 0.05) is 28.0 Å². The van der Waals surface area contributed by atoms with Gasteiger partial charge in [-0.15, -0.1) is 11.8 Å². The number of pyridine rings is 1. The molecule has 1 heterocycles. The third-order valence-corrected chi connectivity index (χ3v) is 4.22. The van der Waals surface area contributed by atoms with Crippen molar-refractivity contribution in [2.45, 2.75) is 31.1 Å². The highest BCUT2D eigenvalue weighted by atomic mass is 32.2. The van der Waals surface area contributed by atoms with Crippen molar-refractivity contribution in [2.75, 3.05) is 0 Å². The lowest BCUT2D eigenvalue weighted by Crippen LogP contribution is -2.01. The maximum absolute atomic E-state index is 11.1. The number of nitro groups is 1. The van der Waals surface area contributed by atoms with Crippen LogP contribution in [-0.4, -0.2) is 15.0 Å². The fourth-order valence-corrected chi connectivity index (χ4v) is 3.08. The van der Waals surface area contributed by atoms with Gasteiger partial charge in [0.2, 0.25) is 0 Å². The number of benzene rings is 1. The SMILES string of the molecule is Cc1cnc(CSc2cccc(CO)c2)c(C)c1[N+](=O)[O-]. The molecule has 1 aromatic heterocycles.